The van der Waals surface area contributed by atoms with E-state index in [1.165, 1.54) is 0 Å². The minimum atomic E-state index is -0.189. The standard InChI is InChI=1S/C11H16BrNO2/c1-4-7-11(2,3)13-10(14)8-5-6-9(12)15-8/h5-6H,4,7H2,1-3H3,(H,13,14). The smallest absolute Gasteiger partial charge is 0.287 e. The van der Waals surface area contributed by atoms with Crippen molar-refractivity contribution < 1.29 is 9.21 Å². The molecule has 0 saturated carbocycles. The highest BCUT2D eigenvalue weighted by molar-refractivity contribution is 9.10. The molecule has 1 aromatic rings. The summed E-state index contributed by atoms with van der Waals surface area (Å²) in [5.41, 5.74) is -0.189. The highest BCUT2D eigenvalue weighted by Gasteiger charge is 2.21. The average Bonchev–Trinajstić information content (AvgIpc) is 2.50. The first-order valence-corrected chi connectivity index (χ1v) is 5.82. The lowest BCUT2D eigenvalue weighted by Crippen LogP contribution is -2.43. The average molecular weight is 274 g/mol. The first-order chi connectivity index (χ1) is 6.94. The van der Waals surface area contributed by atoms with Crippen LogP contribution in [0.3, 0.4) is 0 Å². The zero-order chi connectivity index (χ0) is 11.5. The summed E-state index contributed by atoms with van der Waals surface area (Å²) < 4.78 is 5.74. The number of nitrogens with one attached hydrogen (secondary N) is 1. The Morgan fingerprint density at radius 1 is 1.53 bits per heavy atom. The van der Waals surface area contributed by atoms with Crippen LogP contribution < -0.4 is 5.32 Å². The third-order valence-corrected chi connectivity index (χ3v) is 2.55. The fourth-order valence-corrected chi connectivity index (χ4v) is 1.80. The van der Waals surface area contributed by atoms with E-state index in [4.69, 9.17) is 4.42 Å². The SMILES string of the molecule is CCCC(C)(C)NC(=O)c1ccc(Br)o1. The van der Waals surface area contributed by atoms with Crippen LogP contribution in [0.4, 0.5) is 0 Å². The van der Waals surface area contributed by atoms with Crippen molar-refractivity contribution in [3.63, 3.8) is 0 Å². The Morgan fingerprint density at radius 2 is 2.20 bits per heavy atom. The Kier molecular flexibility index (Phi) is 3.97. The predicted molar refractivity (Wildman–Crippen MR) is 62.9 cm³/mol. The van der Waals surface area contributed by atoms with Crippen LogP contribution in [0.1, 0.15) is 44.2 Å². The number of halogens is 1. The predicted octanol–water partition coefficient (Wildman–Crippen LogP) is 3.35. The van der Waals surface area contributed by atoms with Gasteiger partial charge < -0.3 is 9.73 Å². The van der Waals surface area contributed by atoms with Crippen molar-refractivity contribution in [1.82, 2.24) is 5.32 Å². The molecule has 0 unspecified atom stereocenters. The Bertz CT molecular complexity index is 344. The Hall–Kier alpha value is -0.770. The molecule has 3 nitrogen and oxygen atoms in total. The molecule has 0 aromatic carbocycles. The lowest BCUT2D eigenvalue weighted by Gasteiger charge is -2.25. The molecule has 84 valence electrons. The van der Waals surface area contributed by atoms with E-state index in [2.05, 4.69) is 28.2 Å². The van der Waals surface area contributed by atoms with Gasteiger partial charge in [-0.3, -0.25) is 4.79 Å². The van der Waals surface area contributed by atoms with E-state index in [9.17, 15) is 4.79 Å². The van der Waals surface area contributed by atoms with Gasteiger partial charge in [-0.15, -0.1) is 0 Å². The first kappa shape index (κ1) is 12.3. The van der Waals surface area contributed by atoms with Crippen LogP contribution in [0, 0.1) is 0 Å². The molecule has 0 radical (unpaired) electrons. The van der Waals surface area contributed by atoms with Gasteiger partial charge in [-0.2, -0.15) is 0 Å². The zero-order valence-electron chi connectivity index (χ0n) is 9.26. The lowest BCUT2D eigenvalue weighted by atomic mass is 9.99. The summed E-state index contributed by atoms with van der Waals surface area (Å²) in [6.07, 6.45) is 1.98. The summed E-state index contributed by atoms with van der Waals surface area (Å²) in [5, 5.41) is 2.93. The van der Waals surface area contributed by atoms with E-state index in [0.29, 0.717) is 10.4 Å². The second-order valence-corrected chi connectivity index (χ2v) is 4.97. The molecule has 0 spiro atoms. The van der Waals surface area contributed by atoms with Gasteiger partial charge in [0.15, 0.2) is 10.4 Å². The second kappa shape index (κ2) is 4.84. The van der Waals surface area contributed by atoms with Crippen LogP contribution in [-0.4, -0.2) is 11.4 Å². The molecule has 0 fully saturated rings. The highest BCUT2D eigenvalue weighted by Crippen LogP contribution is 2.16. The Labute approximate surface area is 98.4 Å². The maximum absolute atomic E-state index is 11.7. The van der Waals surface area contributed by atoms with Gasteiger partial charge in [0.2, 0.25) is 0 Å². The summed E-state index contributed by atoms with van der Waals surface area (Å²) in [4.78, 5) is 11.7. The molecular formula is C11H16BrNO2. The van der Waals surface area contributed by atoms with Gasteiger partial charge in [0.1, 0.15) is 0 Å². The summed E-state index contributed by atoms with van der Waals surface area (Å²) in [6, 6.07) is 3.36. The molecule has 15 heavy (non-hydrogen) atoms. The van der Waals surface area contributed by atoms with Crippen LogP contribution in [0.5, 0.6) is 0 Å². The number of hydrogen-bond acceptors (Lipinski definition) is 2. The van der Waals surface area contributed by atoms with Gasteiger partial charge >= 0.3 is 0 Å². The Morgan fingerprint density at radius 3 is 2.67 bits per heavy atom. The molecule has 1 N–H and O–H groups in total. The van der Waals surface area contributed by atoms with Crippen LogP contribution >= 0.6 is 15.9 Å². The van der Waals surface area contributed by atoms with Crippen LogP contribution in [0.2, 0.25) is 0 Å². The molecule has 4 heteroatoms. The van der Waals surface area contributed by atoms with Crippen molar-refractivity contribution in [2.45, 2.75) is 39.2 Å². The maximum atomic E-state index is 11.7. The Balaban J connectivity index is 2.63. The van der Waals surface area contributed by atoms with Crippen molar-refractivity contribution in [1.29, 1.82) is 0 Å². The molecular weight excluding hydrogens is 258 g/mol. The quantitative estimate of drug-likeness (QED) is 0.914. The van der Waals surface area contributed by atoms with Crippen molar-refractivity contribution in [2.75, 3.05) is 0 Å². The molecule has 1 aromatic heterocycles. The van der Waals surface area contributed by atoms with Gasteiger partial charge in [0.25, 0.3) is 5.91 Å². The largest absolute Gasteiger partial charge is 0.444 e. The minimum absolute atomic E-state index is 0.167. The zero-order valence-corrected chi connectivity index (χ0v) is 10.8. The fraction of sp³-hybridized carbons (Fsp3) is 0.545. The molecule has 0 atom stereocenters. The number of amides is 1. The topological polar surface area (TPSA) is 42.2 Å². The fourth-order valence-electron chi connectivity index (χ4n) is 1.49. The van der Waals surface area contributed by atoms with Gasteiger partial charge in [-0.1, -0.05) is 13.3 Å². The molecule has 0 bridgehead atoms. The normalized spacial score (nSPS) is 11.5. The number of rotatable bonds is 4. The number of carbonyl (C=O) groups is 1. The van der Waals surface area contributed by atoms with Gasteiger partial charge in [-0.05, 0) is 48.3 Å². The molecule has 0 aliphatic heterocycles. The van der Waals surface area contributed by atoms with E-state index >= 15 is 0 Å². The van der Waals surface area contributed by atoms with Crippen molar-refractivity contribution in [3.8, 4) is 0 Å². The number of hydrogen-bond donors (Lipinski definition) is 1. The first-order valence-electron chi connectivity index (χ1n) is 5.02. The summed E-state index contributed by atoms with van der Waals surface area (Å²) in [5.74, 6) is 0.171. The van der Waals surface area contributed by atoms with Crippen molar-refractivity contribution in [2.24, 2.45) is 0 Å². The third kappa shape index (κ3) is 3.70. The van der Waals surface area contributed by atoms with Crippen LogP contribution in [0.25, 0.3) is 0 Å². The molecule has 0 aliphatic carbocycles. The monoisotopic (exact) mass is 273 g/mol. The van der Waals surface area contributed by atoms with E-state index in [1.807, 2.05) is 13.8 Å². The van der Waals surface area contributed by atoms with E-state index in [0.717, 1.165) is 12.8 Å². The molecule has 1 heterocycles. The summed E-state index contributed by atoms with van der Waals surface area (Å²) >= 11 is 3.16. The number of carbonyl (C=O) groups excluding carboxylic acids is 1. The molecule has 1 amide bonds. The molecule has 1 rings (SSSR count). The highest BCUT2D eigenvalue weighted by atomic mass is 79.9. The van der Waals surface area contributed by atoms with E-state index in [-0.39, 0.29) is 11.4 Å². The van der Waals surface area contributed by atoms with E-state index < -0.39 is 0 Å². The second-order valence-electron chi connectivity index (χ2n) is 4.19. The lowest BCUT2D eigenvalue weighted by molar-refractivity contribution is 0.0879. The van der Waals surface area contributed by atoms with Gasteiger partial charge in [0, 0.05) is 5.54 Å². The minimum Gasteiger partial charge on any atom is -0.444 e. The number of furan rings is 1. The van der Waals surface area contributed by atoms with Gasteiger partial charge in [0.05, 0.1) is 0 Å². The molecule has 0 saturated heterocycles. The third-order valence-electron chi connectivity index (χ3n) is 2.12. The van der Waals surface area contributed by atoms with Crippen molar-refractivity contribution >= 4 is 21.8 Å². The summed E-state index contributed by atoms with van der Waals surface area (Å²) in [6.45, 7) is 6.11. The molecule has 0 aliphatic rings. The van der Waals surface area contributed by atoms with Crippen molar-refractivity contribution in [3.05, 3.63) is 22.6 Å². The maximum Gasteiger partial charge on any atom is 0.287 e. The summed E-state index contributed by atoms with van der Waals surface area (Å²) in [7, 11) is 0. The van der Waals surface area contributed by atoms with Crippen LogP contribution in [-0.2, 0) is 0 Å². The van der Waals surface area contributed by atoms with Gasteiger partial charge in [-0.25, -0.2) is 0 Å². The van der Waals surface area contributed by atoms with E-state index in [1.54, 1.807) is 12.1 Å². The van der Waals surface area contributed by atoms with Crippen LogP contribution in [0.15, 0.2) is 21.2 Å².